The van der Waals surface area contributed by atoms with Gasteiger partial charge in [0.2, 0.25) is 0 Å². The van der Waals surface area contributed by atoms with Crippen LogP contribution in [0.3, 0.4) is 0 Å². The molecular weight excluding hydrogens is 296 g/mol. The topological polar surface area (TPSA) is 39.7 Å². The Morgan fingerprint density at radius 1 is 1.33 bits per heavy atom. The quantitative estimate of drug-likeness (QED) is 0.809. The number of amidine groups is 1. The predicted octanol–water partition coefficient (Wildman–Crippen LogP) is 3.88. The van der Waals surface area contributed by atoms with E-state index < -0.39 is 0 Å². The standard InChI is InChI=1S/C20H30N4/c1-13(2)15-10-17-18(21-6)23-24(19(17)22-12-15)16-9-14(3)7-8-20(4,5)11-16/h7,9-10,12-13,19,22H,8,11H2,1-6H3,(H,21,23). The minimum atomic E-state index is 0.0860. The Morgan fingerprint density at radius 2 is 2.08 bits per heavy atom. The summed E-state index contributed by atoms with van der Waals surface area (Å²) in [6.45, 7) is 11.3. The number of likely N-dealkylation sites (N-methyl/N-ethyl adjacent to an activating group) is 1. The van der Waals surface area contributed by atoms with E-state index in [-0.39, 0.29) is 11.6 Å². The molecule has 0 saturated heterocycles. The first-order valence-corrected chi connectivity index (χ1v) is 8.92. The summed E-state index contributed by atoms with van der Waals surface area (Å²) in [4.78, 5) is 0. The van der Waals surface area contributed by atoms with Gasteiger partial charge in [-0.1, -0.05) is 39.3 Å². The fraction of sp³-hybridized carbons (Fsp3) is 0.550. The van der Waals surface area contributed by atoms with Crippen LogP contribution in [0, 0.1) is 11.3 Å². The highest BCUT2D eigenvalue weighted by molar-refractivity contribution is 6.01. The smallest absolute Gasteiger partial charge is 0.153 e. The third-order valence-electron chi connectivity index (χ3n) is 4.98. The van der Waals surface area contributed by atoms with Gasteiger partial charge in [0.15, 0.2) is 5.84 Å². The number of nitrogens with one attached hydrogen (secondary N) is 2. The lowest BCUT2D eigenvalue weighted by molar-refractivity contribution is 0.247. The van der Waals surface area contributed by atoms with Gasteiger partial charge in [0.25, 0.3) is 0 Å². The average Bonchev–Trinajstić information content (AvgIpc) is 2.83. The van der Waals surface area contributed by atoms with E-state index in [9.17, 15) is 0 Å². The van der Waals surface area contributed by atoms with Crippen LogP contribution in [-0.2, 0) is 0 Å². The van der Waals surface area contributed by atoms with E-state index in [2.05, 4.69) is 74.7 Å². The van der Waals surface area contributed by atoms with Gasteiger partial charge in [0.1, 0.15) is 6.17 Å². The van der Waals surface area contributed by atoms with Crippen LogP contribution in [0.1, 0.15) is 47.5 Å². The molecule has 0 spiro atoms. The van der Waals surface area contributed by atoms with Crippen molar-refractivity contribution in [1.82, 2.24) is 15.6 Å². The predicted molar refractivity (Wildman–Crippen MR) is 101 cm³/mol. The van der Waals surface area contributed by atoms with E-state index in [1.165, 1.54) is 22.4 Å². The van der Waals surface area contributed by atoms with Crippen LogP contribution in [0.4, 0.5) is 0 Å². The number of fused-ring (bicyclic) bond motifs is 1. The fourth-order valence-corrected chi connectivity index (χ4v) is 3.47. The Labute approximate surface area is 146 Å². The highest BCUT2D eigenvalue weighted by Crippen LogP contribution is 2.38. The first-order valence-electron chi connectivity index (χ1n) is 8.92. The molecule has 1 atom stereocenters. The van der Waals surface area contributed by atoms with Gasteiger partial charge in [-0.05, 0) is 48.8 Å². The Kier molecular flexibility index (Phi) is 4.33. The summed E-state index contributed by atoms with van der Waals surface area (Å²) >= 11 is 0. The summed E-state index contributed by atoms with van der Waals surface area (Å²) in [7, 11) is 1.95. The number of nitrogens with zero attached hydrogens (tertiary/aromatic N) is 2. The lowest BCUT2D eigenvalue weighted by atomic mass is 9.85. The van der Waals surface area contributed by atoms with Gasteiger partial charge in [0.05, 0.1) is 0 Å². The van der Waals surface area contributed by atoms with Gasteiger partial charge in [-0.2, -0.15) is 5.10 Å². The van der Waals surface area contributed by atoms with E-state index in [1.54, 1.807) is 0 Å². The van der Waals surface area contributed by atoms with Crippen LogP contribution in [0.5, 0.6) is 0 Å². The van der Waals surface area contributed by atoms with Crippen molar-refractivity contribution >= 4 is 5.84 Å². The monoisotopic (exact) mass is 326 g/mol. The SMILES string of the molecule is CNC1=NN(C2=CC(C)=CCC(C)(C)C2)C2NC=C(C(C)C)C=C12. The number of hydrogen-bond acceptors (Lipinski definition) is 4. The van der Waals surface area contributed by atoms with E-state index in [0.29, 0.717) is 5.92 Å². The average molecular weight is 326 g/mol. The molecular formula is C20H30N4. The molecule has 3 aliphatic rings. The second kappa shape index (κ2) is 6.15. The number of hydrogen-bond donors (Lipinski definition) is 2. The third-order valence-corrected chi connectivity index (χ3v) is 4.98. The normalized spacial score (nSPS) is 25.7. The molecule has 2 heterocycles. The van der Waals surface area contributed by atoms with Crippen molar-refractivity contribution in [3.63, 3.8) is 0 Å². The summed E-state index contributed by atoms with van der Waals surface area (Å²) in [6.07, 6.45) is 11.3. The fourth-order valence-electron chi connectivity index (χ4n) is 3.47. The maximum absolute atomic E-state index is 4.89. The molecule has 0 aromatic rings. The van der Waals surface area contributed by atoms with Crippen molar-refractivity contribution in [2.75, 3.05) is 7.05 Å². The zero-order valence-electron chi connectivity index (χ0n) is 15.8. The Balaban J connectivity index is 1.95. The minimum absolute atomic E-state index is 0.0860. The lowest BCUT2D eigenvalue weighted by Crippen LogP contribution is -2.41. The summed E-state index contributed by atoms with van der Waals surface area (Å²) in [5.74, 6) is 1.46. The summed E-state index contributed by atoms with van der Waals surface area (Å²) < 4.78 is 0. The van der Waals surface area contributed by atoms with Crippen LogP contribution in [0.25, 0.3) is 0 Å². The summed E-state index contributed by atoms with van der Waals surface area (Å²) in [5.41, 5.74) is 5.40. The maximum atomic E-state index is 4.89. The number of hydrazone groups is 1. The van der Waals surface area contributed by atoms with Crippen LogP contribution in [0.15, 0.2) is 51.9 Å². The molecule has 0 amide bonds. The van der Waals surface area contributed by atoms with Crippen molar-refractivity contribution in [3.8, 4) is 0 Å². The molecule has 0 radical (unpaired) electrons. The Hall–Kier alpha value is -1.97. The second-order valence-corrected chi connectivity index (χ2v) is 8.14. The third kappa shape index (κ3) is 3.14. The molecule has 1 unspecified atom stereocenters. The van der Waals surface area contributed by atoms with Crippen LogP contribution < -0.4 is 10.6 Å². The van der Waals surface area contributed by atoms with Crippen LogP contribution in [0.2, 0.25) is 0 Å². The molecule has 1 aliphatic carbocycles. The van der Waals surface area contributed by atoms with Crippen molar-refractivity contribution in [3.05, 3.63) is 46.8 Å². The molecule has 4 nitrogen and oxygen atoms in total. The van der Waals surface area contributed by atoms with Crippen molar-refractivity contribution in [2.24, 2.45) is 16.4 Å². The number of allylic oxidation sites excluding steroid dienone is 6. The van der Waals surface area contributed by atoms with E-state index in [4.69, 9.17) is 5.10 Å². The summed E-state index contributed by atoms with van der Waals surface area (Å²) in [6, 6.07) is 0. The molecule has 4 heteroatoms. The highest BCUT2D eigenvalue weighted by Gasteiger charge is 2.37. The Morgan fingerprint density at radius 3 is 2.75 bits per heavy atom. The summed E-state index contributed by atoms with van der Waals surface area (Å²) in [5, 5.41) is 13.9. The number of dihydropyridines is 1. The van der Waals surface area contributed by atoms with Gasteiger partial charge in [-0.15, -0.1) is 0 Å². The zero-order valence-corrected chi connectivity index (χ0v) is 15.8. The molecule has 24 heavy (non-hydrogen) atoms. The van der Waals surface area contributed by atoms with Gasteiger partial charge in [-0.25, -0.2) is 5.01 Å². The Bertz CT molecular complexity index is 674. The molecule has 2 N–H and O–H groups in total. The van der Waals surface area contributed by atoms with Gasteiger partial charge in [-0.3, -0.25) is 0 Å². The van der Waals surface area contributed by atoms with Gasteiger partial charge in [0, 0.05) is 24.5 Å². The maximum Gasteiger partial charge on any atom is 0.153 e. The van der Waals surface area contributed by atoms with E-state index in [0.717, 1.165) is 18.7 Å². The van der Waals surface area contributed by atoms with Crippen molar-refractivity contribution < 1.29 is 0 Å². The molecule has 0 aromatic carbocycles. The first kappa shape index (κ1) is 16.9. The van der Waals surface area contributed by atoms with Crippen LogP contribution >= 0.6 is 0 Å². The minimum Gasteiger partial charge on any atom is -0.371 e. The molecule has 130 valence electrons. The van der Waals surface area contributed by atoms with Crippen LogP contribution in [-0.4, -0.2) is 24.1 Å². The first-order chi connectivity index (χ1) is 11.3. The highest BCUT2D eigenvalue weighted by atomic mass is 15.6. The van der Waals surface area contributed by atoms with Gasteiger partial charge < -0.3 is 10.6 Å². The second-order valence-electron chi connectivity index (χ2n) is 8.14. The molecule has 0 bridgehead atoms. The molecule has 0 saturated carbocycles. The lowest BCUT2D eigenvalue weighted by Gasteiger charge is -2.32. The van der Waals surface area contributed by atoms with E-state index in [1.807, 2.05) is 7.05 Å². The largest absolute Gasteiger partial charge is 0.371 e. The van der Waals surface area contributed by atoms with Gasteiger partial charge >= 0.3 is 0 Å². The molecule has 3 rings (SSSR count). The zero-order chi connectivity index (χ0) is 17.5. The molecule has 0 aromatic heterocycles. The molecule has 2 aliphatic heterocycles. The van der Waals surface area contributed by atoms with E-state index >= 15 is 0 Å². The van der Waals surface area contributed by atoms with Crippen molar-refractivity contribution in [2.45, 2.75) is 53.6 Å². The number of rotatable bonds is 2. The molecule has 0 fully saturated rings. The van der Waals surface area contributed by atoms with Crippen molar-refractivity contribution in [1.29, 1.82) is 0 Å².